The summed E-state index contributed by atoms with van der Waals surface area (Å²) in [6, 6.07) is 15.1. The molecule has 4 atom stereocenters. The van der Waals surface area contributed by atoms with E-state index in [-0.39, 0.29) is 48.0 Å². The van der Waals surface area contributed by atoms with Gasteiger partial charge in [0.25, 0.3) is 0 Å². The lowest BCUT2D eigenvalue weighted by molar-refractivity contribution is 0.0385. The van der Waals surface area contributed by atoms with E-state index in [0.29, 0.717) is 45.9 Å². The van der Waals surface area contributed by atoms with Crippen molar-refractivity contribution in [2.45, 2.75) is 158 Å². The van der Waals surface area contributed by atoms with Crippen LogP contribution in [0, 0.1) is 23.7 Å². The van der Waals surface area contributed by atoms with Crippen molar-refractivity contribution in [1.82, 2.24) is 0 Å². The Balaban J connectivity index is 1.62. The molecule has 6 rings (SSSR count). The first kappa shape index (κ1) is 50.4. The Morgan fingerprint density at radius 3 is 0.909 bits per heavy atom. The molecule has 0 aliphatic heterocycles. The summed E-state index contributed by atoms with van der Waals surface area (Å²) in [4.78, 5) is 58.1. The maximum absolute atomic E-state index is 14.9. The molecule has 0 spiro atoms. The maximum atomic E-state index is 14.9. The number of benzene rings is 6. The van der Waals surface area contributed by atoms with Crippen LogP contribution in [0.25, 0.3) is 53.9 Å². The van der Waals surface area contributed by atoms with E-state index in [4.69, 9.17) is 18.9 Å². The Kier molecular flexibility index (Phi) is 18.5. The highest BCUT2D eigenvalue weighted by molar-refractivity contribution is 6.44. The van der Waals surface area contributed by atoms with Crippen LogP contribution in [0.5, 0.6) is 0 Å². The Bertz CT molecular complexity index is 2380. The molecule has 6 aromatic rings. The molecule has 0 saturated heterocycles. The number of fused-ring (bicyclic) bond motifs is 1. The van der Waals surface area contributed by atoms with Gasteiger partial charge in [-0.05, 0) is 115 Å². The van der Waals surface area contributed by atoms with Crippen molar-refractivity contribution in [3.63, 3.8) is 0 Å². The average Bonchev–Trinajstić information content (AvgIpc) is 3.34. The van der Waals surface area contributed by atoms with Gasteiger partial charge in [0.2, 0.25) is 0 Å². The van der Waals surface area contributed by atoms with Gasteiger partial charge < -0.3 is 18.9 Å². The van der Waals surface area contributed by atoms with E-state index in [9.17, 15) is 19.2 Å². The Labute approximate surface area is 393 Å². The molecule has 8 nitrogen and oxygen atoms in total. The van der Waals surface area contributed by atoms with E-state index in [2.05, 4.69) is 55.4 Å². The van der Waals surface area contributed by atoms with E-state index in [1.54, 1.807) is 0 Å². The van der Waals surface area contributed by atoms with E-state index in [1.807, 2.05) is 48.5 Å². The standard InChI is InChI=1S/C58H76O8/c1-9-17-21-37(13-5)33-63-55(59)45-29-25-41-42-26-30-46(56(60)64-34-38(14-6)22-18-10-2)44-28-32-48-52(50(42)44)51-47(31-27-43(45)49(41)51)53(57(61)65-35-39(15-7)23-19-11-3)54(48)58(62)66-36-40(16-8)24-20-12-4/h25-32,37-40H,9-24,33-36H2,1-8H3. The normalized spacial score (nSPS) is 13.8. The molecule has 0 radical (unpaired) electrons. The number of carbonyl (C=O) groups excluding carboxylic acids is 4. The van der Waals surface area contributed by atoms with Gasteiger partial charge in [-0.15, -0.1) is 0 Å². The van der Waals surface area contributed by atoms with Crippen molar-refractivity contribution in [3.05, 3.63) is 70.8 Å². The molecule has 356 valence electrons. The number of ether oxygens (including phenoxy) is 4. The fourth-order valence-corrected chi connectivity index (χ4v) is 9.99. The number of unbranched alkanes of at least 4 members (excludes halogenated alkanes) is 4. The highest BCUT2D eigenvalue weighted by Crippen LogP contribution is 2.49. The topological polar surface area (TPSA) is 105 Å². The summed E-state index contributed by atoms with van der Waals surface area (Å²) in [5.74, 6) is -1.06. The van der Waals surface area contributed by atoms with Crippen LogP contribution >= 0.6 is 0 Å². The smallest absolute Gasteiger partial charge is 0.339 e. The summed E-state index contributed by atoms with van der Waals surface area (Å²) < 4.78 is 24.6. The number of esters is 4. The Morgan fingerprint density at radius 1 is 0.348 bits per heavy atom. The van der Waals surface area contributed by atoms with Gasteiger partial charge in [-0.25, -0.2) is 19.2 Å². The van der Waals surface area contributed by atoms with Crippen molar-refractivity contribution >= 4 is 77.7 Å². The lowest BCUT2D eigenvalue weighted by atomic mass is 9.80. The molecule has 66 heavy (non-hydrogen) atoms. The molecule has 4 unspecified atom stereocenters. The molecule has 6 aromatic carbocycles. The summed E-state index contributed by atoms with van der Waals surface area (Å²) >= 11 is 0. The minimum atomic E-state index is -0.581. The lowest BCUT2D eigenvalue weighted by Crippen LogP contribution is -2.20. The summed E-state index contributed by atoms with van der Waals surface area (Å²) in [5.41, 5.74) is 1.19. The van der Waals surface area contributed by atoms with Gasteiger partial charge in [0.1, 0.15) is 0 Å². The second kappa shape index (κ2) is 24.2. The molecule has 0 amide bonds. The number of hydrogen-bond acceptors (Lipinski definition) is 8. The van der Waals surface area contributed by atoms with Crippen LogP contribution in [0.2, 0.25) is 0 Å². The number of carbonyl (C=O) groups is 4. The second-order valence-corrected chi connectivity index (χ2v) is 19.0. The minimum absolute atomic E-state index is 0.160. The van der Waals surface area contributed by atoms with Crippen molar-refractivity contribution in [3.8, 4) is 0 Å². The fraction of sp³-hybridized carbons (Fsp3) is 0.552. The lowest BCUT2D eigenvalue weighted by Gasteiger charge is -2.24. The van der Waals surface area contributed by atoms with Crippen molar-refractivity contribution < 1.29 is 38.1 Å². The minimum Gasteiger partial charge on any atom is -0.462 e. The predicted octanol–water partition coefficient (Wildman–Crippen LogP) is 15.8. The third kappa shape index (κ3) is 10.9. The largest absolute Gasteiger partial charge is 0.462 e. The molecule has 8 heteroatoms. The van der Waals surface area contributed by atoms with Gasteiger partial charge in [-0.2, -0.15) is 0 Å². The third-order valence-electron chi connectivity index (χ3n) is 14.5. The van der Waals surface area contributed by atoms with Crippen LogP contribution in [0.15, 0.2) is 48.5 Å². The van der Waals surface area contributed by atoms with Crippen LogP contribution in [0.4, 0.5) is 0 Å². The molecule has 0 aliphatic rings. The predicted molar refractivity (Wildman–Crippen MR) is 271 cm³/mol. The number of rotatable bonds is 28. The molecule has 0 fully saturated rings. The fourth-order valence-electron chi connectivity index (χ4n) is 9.99. The molecular weight excluding hydrogens is 825 g/mol. The highest BCUT2D eigenvalue weighted by atomic mass is 16.5. The summed E-state index contributed by atoms with van der Waals surface area (Å²) in [6.07, 6.45) is 15.9. The molecule has 0 bridgehead atoms. The van der Waals surface area contributed by atoms with E-state index < -0.39 is 23.9 Å². The average molecular weight is 901 g/mol. The van der Waals surface area contributed by atoms with Crippen LogP contribution < -0.4 is 0 Å². The zero-order valence-electron chi connectivity index (χ0n) is 41.3. The third-order valence-corrected chi connectivity index (χ3v) is 14.5. The zero-order valence-corrected chi connectivity index (χ0v) is 41.3. The second-order valence-electron chi connectivity index (χ2n) is 19.0. The molecule has 0 heterocycles. The van der Waals surface area contributed by atoms with E-state index in [0.717, 1.165) is 135 Å². The summed E-state index contributed by atoms with van der Waals surface area (Å²) in [7, 11) is 0. The van der Waals surface area contributed by atoms with E-state index >= 15 is 0 Å². The zero-order chi connectivity index (χ0) is 47.3. The number of hydrogen-bond donors (Lipinski definition) is 0. The Morgan fingerprint density at radius 2 is 0.621 bits per heavy atom. The van der Waals surface area contributed by atoms with Crippen LogP contribution in [-0.2, 0) is 18.9 Å². The summed E-state index contributed by atoms with van der Waals surface area (Å²) in [6.45, 7) is 18.3. The van der Waals surface area contributed by atoms with E-state index in [1.165, 1.54) is 0 Å². The molecule has 0 aromatic heterocycles. The first-order chi connectivity index (χ1) is 32.1. The maximum Gasteiger partial charge on any atom is 0.339 e. The van der Waals surface area contributed by atoms with Crippen LogP contribution in [-0.4, -0.2) is 50.3 Å². The molecule has 0 saturated carbocycles. The monoisotopic (exact) mass is 901 g/mol. The van der Waals surface area contributed by atoms with Gasteiger partial charge in [0, 0.05) is 0 Å². The van der Waals surface area contributed by atoms with Crippen LogP contribution in [0.1, 0.15) is 200 Å². The Hall–Kier alpha value is -4.98. The van der Waals surface area contributed by atoms with Crippen molar-refractivity contribution in [2.75, 3.05) is 26.4 Å². The van der Waals surface area contributed by atoms with Gasteiger partial charge >= 0.3 is 23.9 Å². The summed E-state index contributed by atoms with van der Waals surface area (Å²) in [5, 5.41) is 7.22. The highest BCUT2D eigenvalue weighted by Gasteiger charge is 2.32. The van der Waals surface area contributed by atoms with Gasteiger partial charge in [0.05, 0.1) is 48.7 Å². The van der Waals surface area contributed by atoms with Gasteiger partial charge in [0.15, 0.2) is 0 Å². The molecule has 0 aliphatic carbocycles. The first-order valence-corrected chi connectivity index (χ1v) is 25.7. The van der Waals surface area contributed by atoms with Crippen LogP contribution in [0.3, 0.4) is 0 Å². The molecule has 0 N–H and O–H groups in total. The SMILES string of the molecule is CCCCC(CC)COC(=O)c1ccc2c3ccc(C(=O)OCC(CC)CCCC)c4ccc5c(C(=O)OCC(CC)CCCC)c(C(=O)OCC(CC)CCCC)c6ccc1c2c6c5c43. The van der Waals surface area contributed by atoms with Gasteiger partial charge in [-0.1, -0.05) is 169 Å². The quantitative estimate of drug-likeness (QED) is 0.0207. The van der Waals surface area contributed by atoms with Crippen molar-refractivity contribution in [1.29, 1.82) is 0 Å². The van der Waals surface area contributed by atoms with Crippen molar-refractivity contribution in [2.24, 2.45) is 23.7 Å². The molecular formula is C58H76O8. The van der Waals surface area contributed by atoms with Gasteiger partial charge in [-0.3, -0.25) is 0 Å². The first-order valence-electron chi connectivity index (χ1n) is 25.7.